The molecule has 7 heteroatoms. The Kier molecular flexibility index (Phi) is 3.39. The molecule has 16 heavy (non-hydrogen) atoms. The summed E-state index contributed by atoms with van der Waals surface area (Å²) in [5.74, 6) is -2.39. The van der Waals surface area contributed by atoms with Crippen LogP contribution in [0.25, 0.3) is 0 Å². The molecule has 1 rings (SSSR count). The summed E-state index contributed by atoms with van der Waals surface area (Å²) < 4.78 is 26.7. The van der Waals surface area contributed by atoms with E-state index in [4.69, 9.17) is 17.2 Å². The summed E-state index contributed by atoms with van der Waals surface area (Å²) in [6, 6.07) is 2.38. The van der Waals surface area contributed by atoms with Gasteiger partial charge in [-0.3, -0.25) is 0 Å². The van der Waals surface area contributed by atoms with E-state index in [-0.39, 0.29) is 11.5 Å². The van der Waals surface area contributed by atoms with Gasteiger partial charge in [-0.05, 0) is 18.6 Å². The van der Waals surface area contributed by atoms with E-state index in [9.17, 15) is 8.78 Å². The molecule has 6 N–H and O–H groups in total. The highest BCUT2D eigenvalue weighted by Crippen LogP contribution is 2.24. The number of rotatable bonds is 1. The van der Waals surface area contributed by atoms with E-state index in [0.29, 0.717) is 0 Å². The molecule has 0 spiro atoms. The van der Waals surface area contributed by atoms with Gasteiger partial charge >= 0.3 is 0 Å². The molecule has 0 heterocycles. The van der Waals surface area contributed by atoms with Crippen molar-refractivity contribution < 1.29 is 8.78 Å². The van der Waals surface area contributed by atoms with Crippen molar-refractivity contribution in [2.45, 2.75) is 6.92 Å². The lowest BCUT2D eigenvalue weighted by atomic mass is 10.2. The summed E-state index contributed by atoms with van der Waals surface area (Å²) in [5.41, 5.74) is 15.1. The Morgan fingerprint density at radius 3 is 2.38 bits per heavy atom. The first-order valence-electron chi connectivity index (χ1n) is 4.30. The number of nitrogens with two attached hydrogens (primary N) is 3. The number of guanidine groups is 2. The van der Waals surface area contributed by atoms with Gasteiger partial charge in [0.25, 0.3) is 0 Å². The molecule has 0 aromatic heterocycles. The van der Waals surface area contributed by atoms with Crippen molar-refractivity contribution in [3.63, 3.8) is 0 Å². The lowest BCUT2D eigenvalue weighted by Crippen LogP contribution is -2.26. The Balaban J connectivity index is 3.24. The van der Waals surface area contributed by atoms with Crippen molar-refractivity contribution >= 4 is 17.6 Å². The van der Waals surface area contributed by atoms with Crippen LogP contribution in [0, 0.1) is 18.6 Å². The van der Waals surface area contributed by atoms with E-state index in [1.165, 1.54) is 13.0 Å². The predicted octanol–water partition coefficient (Wildman–Crippen LogP) is 0.493. The molecule has 0 bridgehead atoms. The van der Waals surface area contributed by atoms with Gasteiger partial charge in [-0.1, -0.05) is 6.07 Å². The van der Waals surface area contributed by atoms with Crippen molar-refractivity contribution in [3.05, 3.63) is 29.3 Å². The van der Waals surface area contributed by atoms with Crippen LogP contribution < -0.4 is 17.2 Å². The Hall–Kier alpha value is -2.18. The molecule has 0 radical (unpaired) electrons. The highest BCUT2D eigenvalue weighted by atomic mass is 19.1. The largest absolute Gasteiger partial charge is 0.370 e. The number of hydrogen-bond acceptors (Lipinski definition) is 1. The molecule has 0 saturated carbocycles. The maximum Gasteiger partial charge on any atom is 0.223 e. The van der Waals surface area contributed by atoms with E-state index in [1.807, 2.05) is 0 Å². The molecule has 86 valence electrons. The number of aliphatic imine (C=N–C) groups is 2. The third kappa shape index (κ3) is 2.66. The van der Waals surface area contributed by atoms with Gasteiger partial charge in [0.15, 0.2) is 17.6 Å². The minimum Gasteiger partial charge on any atom is -0.370 e. The summed E-state index contributed by atoms with van der Waals surface area (Å²) in [6.45, 7) is 1.48. The van der Waals surface area contributed by atoms with Gasteiger partial charge in [-0.15, -0.1) is 0 Å². The van der Waals surface area contributed by atoms with E-state index in [0.717, 1.165) is 6.07 Å². The molecule has 0 aliphatic heterocycles. The first kappa shape index (κ1) is 11.9. The lowest BCUT2D eigenvalue weighted by molar-refractivity contribution is 0.581. The third-order valence-corrected chi connectivity index (χ3v) is 1.73. The molecule has 0 fully saturated rings. The van der Waals surface area contributed by atoms with E-state index in [2.05, 4.69) is 9.98 Å². The van der Waals surface area contributed by atoms with Crippen LogP contribution in [-0.2, 0) is 0 Å². The monoisotopic (exact) mass is 227 g/mol. The molecule has 0 aliphatic rings. The highest BCUT2D eigenvalue weighted by molar-refractivity contribution is 5.93. The molecular weight excluding hydrogens is 216 g/mol. The average Bonchev–Trinajstić information content (AvgIpc) is 2.17. The number of halogens is 2. The maximum atomic E-state index is 13.4. The fourth-order valence-electron chi connectivity index (χ4n) is 1.02. The van der Waals surface area contributed by atoms with Crippen molar-refractivity contribution in [1.82, 2.24) is 0 Å². The summed E-state index contributed by atoms with van der Waals surface area (Å²) in [5, 5.41) is 0. The first-order valence-corrected chi connectivity index (χ1v) is 4.30. The van der Waals surface area contributed by atoms with Gasteiger partial charge in [-0.25, -0.2) is 13.8 Å². The van der Waals surface area contributed by atoms with Crippen LogP contribution in [0.2, 0.25) is 0 Å². The second kappa shape index (κ2) is 4.56. The zero-order valence-electron chi connectivity index (χ0n) is 8.54. The quantitative estimate of drug-likeness (QED) is 0.480. The standard InChI is InChI=1S/C9H11F2N5/c1-4-2-3-5(10)7(6(4)11)15-9(14)16-8(12)13/h2-3H,1H3,(H6,12,13,14,15,16). The molecule has 0 atom stereocenters. The summed E-state index contributed by atoms with van der Waals surface area (Å²) in [6.07, 6.45) is 0. The molecule has 0 unspecified atom stereocenters. The Morgan fingerprint density at radius 1 is 1.19 bits per heavy atom. The summed E-state index contributed by atoms with van der Waals surface area (Å²) in [4.78, 5) is 6.81. The van der Waals surface area contributed by atoms with Gasteiger partial charge < -0.3 is 17.2 Å². The average molecular weight is 227 g/mol. The van der Waals surface area contributed by atoms with Gasteiger partial charge in [0.05, 0.1) is 0 Å². The van der Waals surface area contributed by atoms with Gasteiger partial charge in [0.1, 0.15) is 5.69 Å². The van der Waals surface area contributed by atoms with Crippen LogP contribution in [0.15, 0.2) is 22.1 Å². The van der Waals surface area contributed by atoms with E-state index < -0.39 is 23.3 Å². The van der Waals surface area contributed by atoms with E-state index in [1.54, 1.807) is 0 Å². The van der Waals surface area contributed by atoms with Crippen molar-refractivity contribution in [3.8, 4) is 0 Å². The minimum absolute atomic E-state index is 0.248. The van der Waals surface area contributed by atoms with Crippen LogP contribution in [0.5, 0.6) is 0 Å². The minimum atomic E-state index is -0.836. The number of nitrogens with zero attached hydrogens (tertiary/aromatic N) is 2. The van der Waals surface area contributed by atoms with Gasteiger partial charge in [-0.2, -0.15) is 4.99 Å². The van der Waals surface area contributed by atoms with Crippen molar-refractivity contribution in [2.24, 2.45) is 27.2 Å². The van der Waals surface area contributed by atoms with Crippen LogP contribution in [0.3, 0.4) is 0 Å². The topological polar surface area (TPSA) is 103 Å². The van der Waals surface area contributed by atoms with Crippen LogP contribution in [0.4, 0.5) is 14.5 Å². The normalized spacial score (nSPS) is 11.3. The third-order valence-electron chi connectivity index (χ3n) is 1.73. The zero-order valence-corrected chi connectivity index (χ0v) is 8.54. The SMILES string of the molecule is Cc1ccc(F)c(N=C(N)N=C(N)N)c1F. The molecule has 5 nitrogen and oxygen atoms in total. The fraction of sp³-hybridized carbons (Fsp3) is 0.111. The number of benzene rings is 1. The molecular formula is C9H11F2N5. The van der Waals surface area contributed by atoms with Crippen molar-refractivity contribution in [2.75, 3.05) is 0 Å². The second-order valence-corrected chi connectivity index (χ2v) is 3.03. The molecule has 1 aromatic rings. The molecule has 0 saturated heterocycles. The molecule has 0 amide bonds. The van der Waals surface area contributed by atoms with Crippen LogP contribution >= 0.6 is 0 Å². The zero-order chi connectivity index (χ0) is 12.3. The number of aryl methyl sites for hydroxylation is 1. The Bertz CT molecular complexity index is 463. The summed E-state index contributed by atoms with van der Waals surface area (Å²) >= 11 is 0. The lowest BCUT2D eigenvalue weighted by Gasteiger charge is -2.02. The second-order valence-electron chi connectivity index (χ2n) is 3.03. The Labute approximate surface area is 90.7 Å². The smallest absolute Gasteiger partial charge is 0.223 e. The summed E-state index contributed by atoms with van der Waals surface area (Å²) in [7, 11) is 0. The number of hydrogen-bond donors (Lipinski definition) is 3. The molecule has 0 aliphatic carbocycles. The maximum absolute atomic E-state index is 13.4. The highest BCUT2D eigenvalue weighted by Gasteiger charge is 2.10. The van der Waals surface area contributed by atoms with Gasteiger partial charge in [0.2, 0.25) is 5.96 Å². The van der Waals surface area contributed by atoms with Gasteiger partial charge in [0, 0.05) is 0 Å². The Morgan fingerprint density at radius 2 is 1.81 bits per heavy atom. The molecule has 1 aromatic carbocycles. The van der Waals surface area contributed by atoms with E-state index >= 15 is 0 Å². The van der Waals surface area contributed by atoms with Crippen LogP contribution in [-0.4, -0.2) is 11.9 Å². The van der Waals surface area contributed by atoms with Crippen LogP contribution in [0.1, 0.15) is 5.56 Å². The van der Waals surface area contributed by atoms with Crippen molar-refractivity contribution in [1.29, 1.82) is 0 Å². The fourth-order valence-corrected chi connectivity index (χ4v) is 1.02. The first-order chi connectivity index (χ1) is 7.41. The predicted molar refractivity (Wildman–Crippen MR) is 58.2 cm³/mol.